The minimum atomic E-state index is -0.254. The monoisotopic (exact) mass is 296 g/mol. The number of morpholine rings is 1. The summed E-state index contributed by atoms with van der Waals surface area (Å²) in [5.74, 6) is -0.219. The van der Waals surface area contributed by atoms with Gasteiger partial charge >= 0.3 is 0 Å². The van der Waals surface area contributed by atoms with E-state index in [1.54, 1.807) is 6.07 Å². The molecule has 0 saturated carbocycles. The van der Waals surface area contributed by atoms with Gasteiger partial charge in [-0.1, -0.05) is 19.9 Å². The summed E-state index contributed by atoms with van der Waals surface area (Å²) in [5.41, 5.74) is 1.52. The molecule has 1 aromatic carbocycles. The first-order valence-electron chi connectivity index (χ1n) is 7.52. The first-order valence-corrected chi connectivity index (χ1v) is 7.52. The maximum Gasteiger partial charge on any atom is 0.146 e. The summed E-state index contributed by atoms with van der Waals surface area (Å²) in [6, 6.07) is 5.72. The van der Waals surface area contributed by atoms with Crippen molar-refractivity contribution in [2.45, 2.75) is 45.6 Å². The predicted octanol–water partition coefficient (Wildman–Crippen LogP) is 1.91. The van der Waals surface area contributed by atoms with Crippen molar-refractivity contribution >= 4 is 5.69 Å². The number of rotatable bonds is 5. The lowest BCUT2D eigenvalue weighted by Crippen LogP contribution is -2.48. The van der Waals surface area contributed by atoms with Gasteiger partial charge in [-0.2, -0.15) is 0 Å². The highest BCUT2D eigenvalue weighted by Crippen LogP contribution is 2.24. The lowest BCUT2D eigenvalue weighted by molar-refractivity contribution is -0.0422. The van der Waals surface area contributed by atoms with Crippen LogP contribution in [0.15, 0.2) is 18.2 Å². The Labute approximate surface area is 125 Å². The van der Waals surface area contributed by atoms with Crippen molar-refractivity contribution in [1.29, 1.82) is 0 Å². The molecule has 1 fully saturated rings. The van der Waals surface area contributed by atoms with Crippen LogP contribution in [0.3, 0.4) is 0 Å². The van der Waals surface area contributed by atoms with Crippen LogP contribution in [0.4, 0.5) is 10.1 Å². The Bertz CT molecular complexity index is 468. The van der Waals surface area contributed by atoms with Crippen LogP contribution in [0.1, 0.15) is 26.3 Å². The summed E-state index contributed by atoms with van der Waals surface area (Å²) >= 11 is 0. The Balaban J connectivity index is 2.09. The first kappa shape index (κ1) is 16.2. The van der Waals surface area contributed by atoms with Crippen LogP contribution >= 0.6 is 0 Å². The minimum absolute atomic E-state index is 0.0161. The van der Waals surface area contributed by atoms with Crippen molar-refractivity contribution in [3.63, 3.8) is 0 Å². The second-order valence-corrected chi connectivity index (χ2v) is 5.98. The molecule has 2 rings (SSSR count). The molecular formula is C16H25FN2O2. The van der Waals surface area contributed by atoms with Crippen LogP contribution < -0.4 is 10.2 Å². The molecule has 1 saturated heterocycles. The van der Waals surface area contributed by atoms with E-state index in [0.29, 0.717) is 31.4 Å². The highest BCUT2D eigenvalue weighted by Gasteiger charge is 2.26. The molecule has 5 heteroatoms. The number of anilines is 1. The van der Waals surface area contributed by atoms with E-state index in [1.807, 2.05) is 24.0 Å². The van der Waals surface area contributed by atoms with E-state index in [9.17, 15) is 9.50 Å². The summed E-state index contributed by atoms with van der Waals surface area (Å²) < 4.78 is 19.9. The van der Waals surface area contributed by atoms with E-state index >= 15 is 0 Å². The van der Waals surface area contributed by atoms with Gasteiger partial charge in [0.25, 0.3) is 0 Å². The van der Waals surface area contributed by atoms with Crippen molar-refractivity contribution in [2.24, 2.45) is 0 Å². The van der Waals surface area contributed by atoms with Gasteiger partial charge in [-0.25, -0.2) is 4.39 Å². The minimum Gasteiger partial charge on any atom is -0.394 e. The van der Waals surface area contributed by atoms with Crippen molar-refractivity contribution < 1.29 is 14.2 Å². The molecule has 2 atom stereocenters. The first-order chi connectivity index (χ1) is 9.99. The third-order valence-corrected chi connectivity index (χ3v) is 3.60. The number of aliphatic hydroxyl groups is 1. The molecule has 0 spiro atoms. The lowest BCUT2D eigenvalue weighted by Gasteiger charge is -2.37. The molecule has 0 bridgehead atoms. The predicted molar refractivity (Wildman–Crippen MR) is 82.0 cm³/mol. The van der Waals surface area contributed by atoms with Gasteiger partial charge in [-0.3, -0.25) is 0 Å². The number of aliphatic hydroxyl groups excluding tert-OH is 1. The van der Waals surface area contributed by atoms with Crippen molar-refractivity contribution in [3.05, 3.63) is 29.6 Å². The number of nitrogens with zero attached hydrogens (tertiary/aromatic N) is 1. The van der Waals surface area contributed by atoms with E-state index in [0.717, 1.165) is 5.56 Å². The number of benzene rings is 1. The molecule has 1 aliphatic rings. The molecule has 0 aromatic heterocycles. The molecule has 118 valence electrons. The number of halogens is 1. The maximum absolute atomic E-state index is 14.3. The van der Waals surface area contributed by atoms with Gasteiger partial charge in [-0.15, -0.1) is 0 Å². The second-order valence-electron chi connectivity index (χ2n) is 5.98. The van der Waals surface area contributed by atoms with Crippen molar-refractivity contribution in [1.82, 2.24) is 5.32 Å². The van der Waals surface area contributed by atoms with Gasteiger partial charge < -0.3 is 20.1 Å². The molecule has 1 aromatic rings. The Morgan fingerprint density at radius 3 is 2.81 bits per heavy atom. The lowest BCUT2D eigenvalue weighted by atomic mass is 10.1. The summed E-state index contributed by atoms with van der Waals surface area (Å²) in [4.78, 5) is 1.95. The Kier molecular flexibility index (Phi) is 5.56. The third kappa shape index (κ3) is 4.40. The normalized spacial score (nSPS) is 22.9. The van der Waals surface area contributed by atoms with E-state index in [4.69, 9.17) is 4.74 Å². The van der Waals surface area contributed by atoms with E-state index < -0.39 is 0 Å². The molecule has 21 heavy (non-hydrogen) atoms. The van der Waals surface area contributed by atoms with E-state index in [-0.39, 0.29) is 24.6 Å². The molecule has 0 aliphatic carbocycles. The fourth-order valence-electron chi connectivity index (χ4n) is 2.58. The third-order valence-electron chi connectivity index (χ3n) is 3.60. The van der Waals surface area contributed by atoms with Crippen LogP contribution in [-0.4, -0.2) is 43.1 Å². The zero-order valence-corrected chi connectivity index (χ0v) is 13.0. The molecule has 0 amide bonds. The Morgan fingerprint density at radius 2 is 2.19 bits per heavy atom. The fourth-order valence-corrected chi connectivity index (χ4v) is 2.58. The summed E-state index contributed by atoms with van der Waals surface area (Å²) in [6.07, 6.45) is -0.270. The molecular weight excluding hydrogens is 271 g/mol. The molecule has 1 heterocycles. The van der Waals surface area contributed by atoms with Gasteiger partial charge in [0, 0.05) is 25.7 Å². The number of hydrogen-bond donors (Lipinski definition) is 2. The largest absolute Gasteiger partial charge is 0.394 e. The van der Waals surface area contributed by atoms with Gasteiger partial charge in [-0.05, 0) is 24.6 Å². The number of ether oxygens (including phenoxy) is 1. The smallest absolute Gasteiger partial charge is 0.146 e. The maximum atomic E-state index is 14.3. The average molecular weight is 296 g/mol. The zero-order chi connectivity index (χ0) is 15.4. The van der Waals surface area contributed by atoms with Crippen LogP contribution in [0.2, 0.25) is 0 Å². The molecule has 0 radical (unpaired) electrons. The second kappa shape index (κ2) is 7.20. The molecule has 2 N–H and O–H groups in total. The quantitative estimate of drug-likeness (QED) is 0.871. The van der Waals surface area contributed by atoms with Gasteiger partial charge in [0.2, 0.25) is 0 Å². The standard InChI is InChI=1S/C16H25FN2O2/c1-11(2)18-7-13-4-5-16(15(17)6-13)19-8-12(3)21-14(9-19)10-20/h4-6,11-12,14,18,20H,7-10H2,1-3H3. The van der Waals surface area contributed by atoms with Crippen molar-refractivity contribution in [3.8, 4) is 0 Å². The van der Waals surface area contributed by atoms with Crippen LogP contribution in [0.25, 0.3) is 0 Å². The fraction of sp³-hybridized carbons (Fsp3) is 0.625. The Morgan fingerprint density at radius 1 is 1.43 bits per heavy atom. The Hall–Kier alpha value is -1.17. The number of hydrogen-bond acceptors (Lipinski definition) is 4. The van der Waals surface area contributed by atoms with Crippen LogP contribution in [0.5, 0.6) is 0 Å². The zero-order valence-electron chi connectivity index (χ0n) is 13.0. The van der Waals surface area contributed by atoms with Gasteiger partial charge in [0.15, 0.2) is 0 Å². The number of nitrogens with one attached hydrogen (secondary N) is 1. The van der Waals surface area contributed by atoms with E-state index in [2.05, 4.69) is 19.2 Å². The summed E-state index contributed by atoms with van der Waals surface area (Å²) in [6.45, 7) is 7.84. The SMILES string of the molecule is CC(C)NCc1ccc(N2CC(C)OC(CO)C2)c(F)c1. The molecule has 1 aliphatic heterocycles. The highest BCUT2D eigenvalue weighted by atomic mass is 19.1. The summed E-state index contributed by atoms with van der Waals surface area (Å²) in [7, 11) is 0. The molecule has 4 nitrogen and oxygen atoms in total. The van der Waals surface area contributed by atoms with E-state index in [1.165, 1.54) is 0 Å². The van der Waals surface area contributed by atoms with Gasteiger partial charge in [0.05, 0.1) is 24.5 Å². The van der Waals surface area contributed by atoms with Crippen LogP contribution in [0, 0.1) is 5.82 Å². The highest BCUT2D eigenvalue weighted by molar-refractivity contribution is 5.50. The van der Waals surface area contributed by atoms with Crippen molar-refractivity contribution in [2.75, 3.05) is 24.6 Å². The average Bonchev–Trinajstić information content (AvgIpc) is 2.44. The topological polar surface area (TPSA) is 44.7 Å². The van der Waals surface area contributed by atoms with Crippen LogP contribution in [-0.2, 0) is 11.3 Å². The molecule has 2 unspecified atom stereocenters. The van der Waals surface area contributed by atoms with Gasteiger partial charge in [0.1, 0.15) is 5.82 Å². The summed E-state index contributed by atoms with van der Waals surface area (Å²) in [5, 5.41) is 12.5.